The number of carboxylic acid groups (broad SMARTS) is 1. The SMILES string of the molecule is O=C(O)c1cc(Sc2cccc([N+](=O)[O-])c2)ccc1Cl. The molecule has 0 amide bonds. The molecule has 0 fully saturated rings. The van der Waals surface area contributed by atoms with Crippen molar-refractivity contribution in [2.24, 2.45) is 0 Å². The molecule has 0 aliphatic heterocycles. The molecular formula is C13H8ClNO4S. The van der Waals surface area contributed by atoms with Gasteiger partial charge in [0.2, 0.25) is 0 Å². The van der Waals surface area contributed by atoms with E-state index in [4.69, 9.17) is 16.7 Å². The number of hydrogen-bond acceptors (Lipinski definition) is 4. The topological polar surface area (TPSA) is 80.4 Å². The molecule has 7 heteroatoms. The number of aromatic carboxylic acids is 1. The molecule has 0 aromatic heterocycles. The minimum atomic E-state index is -1.11. The minimum Gasteiger partial charge on any atom is -0.478 e. The fourth-order valence-electron chi connectivity index (χ4n) is 1.53. The van der Waals surface area contributed by atoms with Crippen molar-refractivity contribution < 1.29 is 14.8 Å². The summed E-state index contributed by atoms with van der Waals surface area (Å²) in [5.41, 5.74) is -0.00970. The van der Waals surface area contributed by atoms with Gasteiger partial charge in [0.25, 0.3) is 5.69 Å². The summed E-state index contributed by atoms with van der Waals surface area (Å²) in [7, 11) is 0. The Balaban J connectivity index is 2.30. The molecule has 2 rings (SSSR count). The number of hydrogen-bond donors (Lipinski definition) is 1. The highest BCUT2D eigenvalue weighted by Gasteiger charge is 2.11. The number of nitro benzene ring substituents is 1. The number of rotatable bonds is 4. The van der Waals surface area contributed by atoms with Crippen LogP contribution >= 0.6 is 23.4 Å². The van der Waals surface area contributed by atoms with E-state index in [1.807, 2.05) is 0 Å². The maximum atomic E-state index is 11.0. The fourth-order valence-corrected chi connectivity index (χ4v) is 2.64. The molecule has 0 atom stereocenters. The van der Waals surface area contributed by atoms with Gasteiger partial charge in [-0.3, -0.25) is 10.1 Å². The molecule has 1 N–H and O–H groups in total. The van der Waals surface area contributed by atoms with Crippen LogP contribution in [-0.2, 0) is 0 Å². The van der Waals surface area contributed by atoms with E-state index in [0.29, 0.717) is 9.79 Å². The Kier molecular flexibility index (Phi) is 4.26. The van der Waals surface area contributed by atoms with Gasteiger partial charge < -0.3 is 5.11 Å². The lowest BCUT2D eigenvalue weighted by molar-refractivity contribution is -0.385. The molecule has 102 valence electrons. The van der Waals surface area contributed by atoms with Gasteiger partial charge in [-0.2, -0.15) is 0 Å². The van der Waals surface area contributed by atoms with Crippen molar-refractivity contribution in [2.45, 2.75) is 9.79 Å². The summed E-state index contributed by atoms with van der Waals surface area (Å²) in [6.07, 6.45) is 0. The fraction of sp³-hybridized carbons (Fsp3) is 0. The highest BCUT2D eigenvalue weighted by atomic mass is 35.5. The summed E-state index contributed by atoms with van der Waals surface area (Å²) in [5.74, 6) is -1.11. The van der Waals surface area contributed by atoms with Gasteiger partial charge >= 0.3 is 5.97 Å². The van der Waals surface area contributed by atoms with Crippen LogP contribution in [0.5, 0.6) is 0 Å². The van der Waals surface area contributed by atoms with Gasteiger partial charge in [-0.05, 0) is 24.3 Å². The monoisotopic (exact) mass is 309 g/mol. The zero-order valence-electron chi connectivity index (χ0n) is 9.95. The number of carboxylic acids is 1. The lowest BCUT2D eigenvalue weighted by Gasteiger charge is -2.04. The van der Waals surface area contributed by atoms with Crippen LogP contribution in [0, 0.1) is 10.1 Å². The number of nitrogens with zero attached hydrogens (tertiary/aromatic N) is 1. The number of nitro groups is 1. The first-order valence-corrected chi connectivity index (χ1v) is 6.62. The number of carbonyl (C=O) groups is 1. The standard InChI is InChI=1S/C13H8ClNO4S/c14-12-5-4-10(7-11(12)13(16)17)20-9-3-1-2-8(6-9)15(18)19/h1-7H,(H,16,17). The predicted molar refractivity (Wildman–Crippen MR) is 75.6 cm³/mol. The number of non-ortho nitro benzene ring substituents is 1. The molecule has 2 aromatic carbocycles. The summed E-state index contributed by atoms with van der Waals surface area (Å²) in [4.78, 5) is 22.5. The summed E-state index contributed by atoms with van der Waals surface area (Å²) >= 11 is 7.01. The van der Waals surface area contributed by atoms with E-state index in [9.17, 15) is 14.9 Å². The summed E-state index contributed by atoms with van der Waals surface area (Å²) in [6, 6.07) is 10.7. The van der Waals surface area contributed by atoms with Gasteiger partial charge in [-0.1, -0.05) is 29.4 Å². The van der Waals surface area contributed by atoms with E-state index in [2.05, 4.69) is 0 Å². The van der Waals surface area contributed by atoms with Crippen molar-refractivity contribution in [3.63, 3.8) is 0 Å². The molecular weight excluding hydrogens is 302 g/mol. The minimum absolute atomic E-state index is 0.00194. The summed E-state index contributed by atoms with van der Waals surface area (Å²) < 4.78 is 0. The molecule has 0 radical (unpaired) electrons. The van der Waals surface area contributed by atoms with Crippen molar-refractivity contribution in [3.05, 3.63) is 63.2 Å². The number of benzene rings is 2. The van der Waals surface area contributed by atoms with E-state index in [1.165, 1.54) is 36.0 Å². The van der Waals surface area contributed by atoms with Gasteiger partial charge in [-0.15, -0.1) is 0 Å². The molecule has 0 saturated carbocycles. The van der Waals surface area contributed by atoms with Gasteiger partial charge in [0, 0.05) is 21.9 Å². The highest BCUT2D eigenvalue weighted by Crippen LogP contribution is 2.32. The van der Waals surface area contributed by atoms with E-state index in [1.54, 1.807) is 18.2 Å². The zero-order chi connectivity index (χ0) is 14.7. The van der Waals surface area contributed by atoms with Crippen molar-refractivity contribution >= 4 is 35.0 Å². The second-order valence-electron chi connectivity index (χ2n) is 3.80. The maximum Gasteiger partial charge on any atom is 0.337 e. The Morgan fingerprint density at radius 2 is 1.90 bits per heavy atom. The molecule has 0 aliphatic rings. The molecule has 0 bridgehead atoms. The van der Waals surface area contributed by atoms with Crippen molar-refractivity contribution in [1.82, 2.24) is 0 Å². The van der Waals surface area contributed by atoms with Crippen LogP contribution in [0.4, 0.5) is 5.69 Å². The third kappa shape index (κ3) is 3.28. The third-order valence-corrected chi connectivity index (χ3v) is 3.74. The van der Waals surface area contributed by atoms with Crippen LogP contribution in [0.1, 0.15) is 10.4 Å². The molecule has 5 nitrogen and oxygen atoms in total. The summed E-state index contributed by atoms with van der Waals surface area (Å²) in [5, 5.41) is 19.8. The van der Waals surface area contributed by atoms with Crippen LogP contribution in [0.3, 0.4) is 0 Å². The van der Waals surface area contributed by atoms with E-state index in [0.717, 1.165) is 0 Å². The lowest BCUT2D eigenvalue weighted by atomic mass is 10.2. The van der Waals surface area contributed by atoms with E-state index < -0.39 is 10.9 Å². The van der Waals surface area contributed by atoms with E-state index in [-0.39, 0.29) is 16.3 Å². The molecule has 0 saturated heterocycles. The first-order valence-electron chi connectivity index (χ1n) is 5.42. The van der Waals surface area contributed by atoms with Crippen LogP contribution in [-0.4, -0.2) is 16.0 Å². The van der Waals surface area contributed by atoms with Crippen molar-refractivity contribution in [2.75, 3.05) is 0 Å². The molecule has 0 heterocycles. The van der Waals surface area contributed by atoms with Crippen LogP contribution in [0.2, 0.25) is 5.02 Å². The van der Waals surface area contributed by atoms with Gasteiger partial charge in [0.15, 0.2) is 0 Å². The van der Waals surface area contributed by atoms with Crippen molar-refractivity contribution in [1.29, 1.82) is 0 Å². The second-order valence-corrected chi connectivity index (χ2v) is 5.36. The van der Waals surface area contributed by atoms with Crippen molar-refractivity contribution in [3.8, 4) is 0 Å². The first-order chi connectivity index (χ1) is 9.47. The van der Waals surface area contributed by atoms with Crippen LogP contribution < -0.4 is 0 Å². The average molecular weight is 310 g/mol. The Hall–Kier alpha value is -2.05. The lowest BCUT2D eigenvalue weighted by Crippen LogP contribution is -1.97. The molecule has 0 spiro atoms. The Labute approximate surface area is 123 Å². The molecule has 0 aliphatic carbocycles. The normalized spacial score (nSPS) is 10.2. The Bertz CT molecular complexity index is 690. The van der Waals surface area contributed by atoms with Gasteiger partial charge in [0.1, 0.15) is 0 Å². The van der Waals surface area contributed by atoms with E-state index >= 15 is 0 Å². The predicted octanol–water partition coefficient (Wildman–Crippen LogP) is 4.10. The zero-order valence-corrected chi connectivity index (χ0v) is 11.5. The van der Waals surface area contributed by atoms with Crippen LogP contribution in [0.15, 0.2) is 52.3 Å². The summed E-state index contributed by atoms with van der Waals surface area (Å²) in [6.45, 7) is 0. The Morgan fingerprint density at radius 1 is 1.20 bits per heavy atom. The van der Waals surface area contributed by atoms with Gasteiger partial charge in [0.05, 0.1) is 15.5 Å². The largest absolute Gasteiger partial charge is 0.478 e. The first kappa shape index (κ1) is 14.4. The maximum absolute atomic E-state index is 11.0. The second kappa shape index (κ2) is 5.94. The molecule has 2 aromatic rings. The Morgan fingerprint density at radius 3 is 2.55 bits per heavy atom. The molecule has 0 unspecified atom stereocenters. The average Bonchev–Trinajstić information content (AvgIpc) is 2.41. The smallest absolute Gasteiger partial charge is 0.337 e. The van der Waals surface area contributed by atoms with Gasteiger partial charge in [-0.25, -0.2) is 4.79 Å². The quantitative estimate of drug-likeness (QED) is 0.679. The molecule has 20 heavy (non-hydrogen) atoms. The highest BCUT2D eigenvalue weighted by molar-refractivity contribution is 7.99. The number of halogens is 1. The van der Waals surface area contributed by atoms with Crippen LogP contribution in [0.25, 0.3) is 0 Å². The third-order valence-electron chi connectivity index (χ3n) is 2.43.